The minimum absolute atomic E-state index is 0.0192. The summed E-state index contributed by atoms with van der Waals surface area (Å²) in [6.45, 7) is 5.63. The summed E-state index contributed by atoms with van der Waals surface area (Å²) in [6, 6.07) is 7.39. The van der Waals surface area contributed by atoms with Crippen molar-refractivity contribution in [3.05, 3.63) is 67.5 Å². The lowest BCUT2D eigenvalue weighted by atomic mass is 10.1. The second kappa shape index (κ2) is 10.9. The molecule has 0 atom stereocenters. The van der Waals surface area contributed by atoms with Gasteiger partial charge in [0.05, 0.1) is 21.3 Å². The summed E-state index contributed by atoms with van der Waals surface area (Å²) in [5.74, 6) is -1.70. The molecule has 3 aromatic rings. The Morgan fingerprint density at radius 1 is 1.03 bits per heavy atom. The molecular weight excluding hydrogens is 569 g/mol. The zero-order valence-electron chi connectivity index (χ0n) is 18.4. The molecule has 12 heteroatoms. The summed E-state index contributed by atoms with van der Waals surface area (Å²) in [5.41, 5.74) is -0.0860. The Hall–Kier alpha value is -2.46. The van der Waals surface area contributed by atoms with Crippen LogP contribution in [-0.2, 0) is 4.79 Å². The molecule has 2 aromatic heterocycles. The summed E-state index contributed by atoms with van der Waals surface area (Å²) in [7, 11) is 0. The van der Waals surface area contributed by atoms with Crippen LogP contribution in [0, 0.1) is 0 Å². The first-order valence-corrected chi connectivity index (χ1v) is 12.0. The third-order valence-corrected chi connectivity index (χ3v) is 6.08. The quantitative estimate of drug-likeness (QED) is 0.371. The Bertz CT molecular complexity index is 1280. The number of nitrogens with zero attached hydrogens (tertiary/aromatic N) is 5. The Kier molecular flexibility index (Phi) is 8.35. The van der Waals surface area contributed by atoms with Crippen molar-refractivity contribution in [3.63, 3.8) is 0 Å². The maximum Gasteiger partial charge on any atom is 0.283 e. The van der Waals surface area contributed by atoms with E-state index in [4.69, 9.17) is 34.8 Å². The average Bonchev–Trinajstić information content (AvgIpc) is 3.17. The number of hydrogen-bond acceptors (Lipinski definition) is 5. The third kappa shape index (κ3) is 5.12. The van der Waals surface area contributed by atoms with Gasteiger partial charge in [0, 0.05) is 37.3 Å². The number of hydrogen-bond donors (Lipinski definition) is 0. The van der Waals surface area contributed by atoms with Gasteiger partial charge in [-0.1, -0.05) is 34.8 Å². The first-order valence-electron chi connectivity index (χ1n) is 10.1. The fourth-order valence-corrected chi connectivity index (χ4v) is 4.51. The van der Waals surface area contributed by atoms with E-state index < -0.39 is 17.7 Å². The standard InChI is InChI=1S/C22H19BrCl3N5O3/c1-4-29(5-2)21(33)14-9-13(24)10-16(26)19(14)30(12(3)32)22(34)17-11-18(23)28-31(17)20-15(25)7-6-8-27-20/h6-11H,4-5H2,1-3H3. The van der Waals surface area contributed by atoms with Crippen molar-refractivity contribution < 1.29 is 14.4 Å². The maximum atomic E-state index is 13.8. The zero-order chi connectivity index (χ0) is 25.2. The largest absolute Gasteiger partial charge is 0.339 e. The Morgan fingerprint density at radius 2 is 1.71 bits per heavy atom. The normalized spacial score (nSPS) is 10.8. The van der Waals surface area contributed by atoms with E-state index in [1.807, 2.05) is 13.8 Å². The first-order chi connectivity index (χ1) is 16.1. The zero-order valence-corrected chi connectivity index (χ0v) is 22.2. The maximum absolute atomic E-state index is 13.8. The number of anilines is 1. The van der Waals surface area contributed by atoms with Gasteiger partial charge in [-0.15, -0.1) is 0 Å². The van der Waals surface area contributed by atoms with E-state index in [9.17, 15) is 14.4 Å². The summed E-state index contributed by atoms with van der Waals surface area (Å²) >= 11 is 22.2. The van der Waals surface area contributed by atoms with Gasteiger partial charge in [-0.2, -0.15) is 5.10 Å². The van der Waals surface area contributed by atoms with Crippen LogP contribution in [-0.4, -0.2) is 50.5 Å². The lowest BCUT2D eigenvalue weighted by Gasteiger charge is -2.26. The van der Waals surface area contributed by atoms with E-state index in [2.05, 4.69) is 26.0 Å². The van der Waals surface area contributed by atoms with Gasteiger partial charge in [0.2, 0.25) is 5.91 Å². The van der Waals surface area contributed by atoms with Gasteiger partial charge in [0.1, 0.15) is 10.3 Å². The van der Waals surface area contributed by atoms with Crippen molar-refractivity contribution in [1.29, 1.82) is 0 Å². The van der Waals surface area contributed by atoms with Gasteiger partial charge in [0.25, 0.3) is 11.8 Å². The molecule has 2 heterocycles. The fraction of sp³-hybridized carbons (Fsp3) is 0.227. The van der Waals surface area contributed by atoms with E-state index in [0.717, 1.165) is 4.90 Å². The van der Waals surface area contributed by atoms with Gasteiger partial charge in [0.15, 0.2) is 5.82 Å². The molecule has 0 saturated carbocycles. The van der Waals surface area contributed by atoms with Gasteiger partial charge >= 0.3 is 0 Å². The number of aromatic nitrogens is 3. The highest BCUT2D eigenvalue weighted by molar-refractivity contribution is 9.10. The highest BCUT2D eigenvalue weighted by Crippen LogP contribution is 2.36. The van der Waals surface area contributed by atoms with E-state index in [-0.39, 0.29) is 37.8 Å². The number of carbonyl (C=O) groups is 3. The molecule has 0 radical (unpaired) electrons. The monoisotopic (exact) mass is 585 g/mol. The van der Waals surface area contributed by atoms with Crippen molar-refractivity contribution >= 4 is 74.1 Å². The summed E-state index contributed by atoms with van der Waals surface area (Å²) in [5, 5.41) is 4.64. The minimum Gasteiger partial charge on any atom is -0.339 e. The molecule has 8 nitrogen and oxygen atoms in total. The van der Waals surface area contributed by atoms with Crippen molar-refractivity contribution in [2.24, 2.45) is 0 Å². The topological polar surface area (TPSA) is 88.4 Å². The van der Waals surface area contributed by atoms with Gasteiger partial charge < -0.3 is 4.90 Å². The first kappa shape index (κ1) is 26.2. The second-order valence-corrected chi connectivity index (χ2v) is 9.06. The summed E-state index contributed by atoms with van der Waals surface area (Å²) in [6.07, 6.45) is 1.49. The summed E-state index contributed by atoms with van der Waals surface area (Å²) < 4.78 is 1.52. The van der Waals surface area contributed by atoms with E-state index >= 15 is 0 Å². The number of benzene rings is 1. The second-order valence-electron chi connectivity index (χ2n) is 6.99. The molecule has 0 unspecified atom stereocenters. The van der Waals surface area contributed by atoms with Crippen LogP contribution in [0.5, 0.6) is 0 Å². The molecular formula is C22H19BrCl3N5O3. The molecule has 3 amide bonds. The van der Waals surface area contributed by atoms with Gasteiger partial charge in [-0.3, -0.25) is 14.4 Å². The SMILES string of the molecule is CCN(CC)C(=O)c1cc(Cl)cc(Cl)c1N(C(C)=O)C(=O)c1cc(Br)nn1-c1ncccc1Cl. The number of amides is 3. The summed E-state index contributed by atoms with van der Waals surface area (Å²) in [4.78, 5) is 46.4. The lowest BCUT2D eigenvalue weighted by Crippen LogP contribution is -2.39. The van der Waals surface area contributed by atoms with Crippen LogP contribution in [0.15, 0.2) is 41.1 Å². The number of imide groups is 1. The molecule has 0 aliphatic heterocycles. The molecule has 0 aliphatic carbocycles. The van der Waals surface area contributed by atoms with Crippen molar-refractivity contribution in [3.8, 4) is 5.82 Å². The fourth-order valence-electron chi connectivity index (χ4n) is 3.35. The number of rotatable bonds is 6. The number of halogens is 4. The highest BCUT2D eigenvalue weighted by atomic mass is 79.9. The van der Waals surface area contributed by atoms with Gasteiger partial charge in [-0.25, -0.2) is 14.6 Å². The third-order valence-electron chi connectivity index (χ3n) is 4.89. The molecule has 1 aromatic carbocycles. The Balaban J connectivity index is 2.23. The molecule has 0 bridgehead atoms. The molecule has 0 N–H and O–H groups in total. The number of carbonyl (C=O) groups excluding carboxylic acids is 3. The number of pyridine rings is 1. The van der Waals surface area contributed by atoms with Crippen LogP contribution in [0.3, 0.4) is 0 Å². The van der Waals surface area contributed by atoms with Crippen molar-refractivity contribution in [1.82, 2.24) is 19.7 Å². The van der Waals surface area contributed by atoms with Crippen LogP contribution in [0.4, 0.5) is 5.69 Å². The Labute approximate surface area is 219 Å². The molecule has 178 valence electrons. The molecule has 34 heavy (non-hydrogen) atoms. The molecule has 3 rings (SSSR count). The Morgan fingerprint density at radius 3 is 2.29 bits per heavy atom. The minimum atomic E-state index is -0.787. The lowest BCUT2D eigenvalue weighted by molar-refractivity contribution is -0.115. The van der Waals surface area contributed by atoms with Crippen LogP contribution < -0.4 is 4.90 Å². The van der Waals surface area contributed by atoms with Gasteiger partial charge in [-0.05, 0) is 54.0 Å². The average molecular weight is 588 g/mol. The van der Waals surface area contributed by atoms with E-state index in [1.54, 1.807) is 12.1 Å². The molecule has 0 aliphatic rings. The van der Waals surface area contributed by atoms with Crippen LogP contribution in [0.1, 0.15) is 41.6 Å². The van der Waals surface area contributed by atoms with Crippen molar-refractivity contribution in [2.75, 3.05) is 18.0 Å². The van der Waals surface area contributed by atoms with Crippen LogP contribution in [0.25, 0.3) is 5.82 Å². The molecule has 0 saturated heterocycles. The molecule has 0 spiro atoms. The van der Waals surface area contributed by atoms with Crippen LogP contribution in [0.2, 0.25) is 15.1 Å². The predicted molar refractivity (Wildman–Crippen MR) is 135 cm³/mol. The highest BCUT2D eigenvalue weighted by Gasteiger charge is 2.33. The smallest absolute Gasteiger partial charge is 0.283 e. The van der Waals surface area contributed by atoms with Crippen LogP contribution >= 0.6 is 50.7 Å². The predicted octanol–water partition coefficient (Wildman–Crippen LogP) is 5.67. The van der Waals surface area contributed by atoms with E-state index in [1.165, 1.54) is 40.9 Å². The van der Waals surface area contributed by atoms with E-state index in [0.29, 0.717) is 17.7 Å². The molecule has 0 fully saturated rings. The van der Waals surface area contributed by atoms with Crippen molar-refractivity contribution in [2.45, 2.75) is 20.8 Å².